The van der Waals surface area contributed by atoms with Gasteiger partial charge in [0.05, 0.1) is 17.9 Å². The van der Waals surface area contributed by atoms with Crippen LogP contribution in [0, 0.1) is 6.92 Å². The molecule has 0 bridgehead atoms. The molecule has 3 heterocycles. The number of aliphatic hydroxyl groups is 1. The number of carbonyl (C=O) groups is 1. The number of anilines is 2. The number of nitrogens with one attached hydrogen (secondary N) is 2. The molecule has 7 nitrogen and oxygen atoms in total. The van der Waals surface area contributed by atoms with Gasteiger partial charge in [-0.2, -0.15) is 5.10 Å². The average molecular weight is 425 g/mol. The van der Waals surface area contributed by atoms with Gasteiger partial charge in [-0.05, 0) is 43.0 Å². The van der Waals surface area contributed by atoms with Gasteiger partial charge in [0.25, 0.3) is 5.91 Å². The highest BCUT2D eigenvalue weighted by atomic mass is 16.3. The van der Waals surface area contributed by atoms with Crippen molar-refractivity contribution in [3.8, 4) is 0 Å². The van der Waals surface area contributed by atoms with Crippen LogP contribution in [0.1, 0.15) is 29.8 Å². The van der Waals surface area contributed by atoms with Crippen molar-refractivity contribution in [2.45, 2.75) is 26.5 Å². The van der Waals surface area contributed by atoms with E-state index in [2.05, 4.69) is 20.7 Å². The molecule has 2 aromatic carbocycles. The number of allylic oxidation sites excluding steroid dienone is 1. The zero-order valence-electron chi connectivity index (χ0n) is 17.8. The molecule has 1 atom stereocenters. The van der Waals surface area contributed by atoms with E-state index in [1.165, 1.54) is 0 Å². The SMILES string of the molecule is CC1=C(C(=O)Nc2ccc3cnccc3c2)C(c2ccc(C)cc2)n2nc(CO)cc2N1. The monoisotopic (exact) mass is 425 g/mol. The van der Waals surface area contributed by atoms with Crippen LogP contribution in [-0.2, 0) is 11.4 Å². The predicted octanol–water partition coefficient (Wildman–Crippen LogP) is 4.16. The van der Waals surface area contributed by atoms with Crippen molar-refractivity contribution in [3.05, 3.63) is 95.1 Å². The number of aromatic nitrogens is 3. The van der Waals surface area contributed by atoms with Crippen LogP contribution in [0.5, 0.6) is 0 Å². The molecular formula is C25H23N5O2. The van der Waals surface area contributed by atoms with Crippen molar-refractivity contribution in [1.82, 2.24) is 14.8 Å². The summed E-state index contributed by atoms with van der Waals surface area (Å²) in [6.45, 7) is 3.74. The van der Waals surface area contributed by atoms with Crippen LogP contribution < -0.4 is 10.6 Å². The second kappa shape index (κ2) is 7.94. The predicted molar refractivity (Wildman–Crippen MR) is 124 cm³/mol. The molecule has 160 valence electrons. The molecule has 2 aromatic heterocycles. The summed E-state index contributed by atoms with van der Waals surface area (Å²) in [6.07, 6.45) is 3.53. The molecule has 0 aliphatic carbocycles. The van der Waals surface area contributed by atoms with Crippen molar-refractivity contribution in [2.75, 3.05) is 10.6 Å². The fourth-order valence-corrected chi connectivity index (χ4v) is 4.11. The second-order valence-electron chi connectivity index (χ2n) is 7.99. The molecule has 7 heteroatoms. The normalized spacial score (nSPS) is 15.4. The topological polar surface area (TPSA) is 92.1 Å². The average Bonchev–Trinajstić information content (AvgIpc) is 3.21. The standard InChI is InChI=1S/C25H23N5O2/c1-15-3-5-17(6-4-15)24-23(16(2)27-22-12-21(14-31)29-30(22)24)25(32)28-20-8-7-19-13-26-10-9-18(19)11-20/h3-13,24,27,31H,14H2,1-2H3,(H,28,32). The molecule has 1 amide bonds. The van der Waals surface area contributed by atoms with Crippen molar-refractivity contribution in [3.63, 3.8) is 0 Å². The van der Waals surface area contributed by atoms with Gasteiger partial charge in [-0.1, -0.05) is 35.9 Å². The van der Waals surface area contributed by atoms with Crippen LogP contribution in [-0.4, -0.2) is 25.8 Å². The summed E-state index contributed by atoms with van der Waals surface area (Å²) >= 11 is 0. The number of pyridine rings is 1. The van der Waals surface area contributed by atoms with Crippen molar-refractivity contribution in [2.24, 2.45) is 0 Å². The van der Waals surface area contributed by atoms with Crippen LogP contribution in [0.2, 0.25) is 0 Å². The van der Waals surface area contributed by atoms with Crippen LogP contribution in [0.25, 0.3) is 10.8 Å². The fraction of sp³-hybridized carbons (Fsp3) is 0.160. The van der Waals surface area contributed by atoms with Crippen molar-refractivity contribution >= 4 is 28.2 Å². The minimum absolute atomic E-state index is 0.172. The molecule has 0 spiro atoms. The molecule has 0 radical (unpaired) electrons. The number of rotatable bonds is 4. The lowest BCUT2D eigenvalue weighted by molar-refractivity contribution is -0.113. The van der Waals surface area contributed by atoms with Gasteiger partial charge in [0.1, 0.15) is 11.9 Å². The van der Waals surface area contributed by atoms with E-state index >= 15 is 0 Å². The Kier molecular flexibility index (Phi) is 4.95. The molecule has 0 saturated carbocycles. The summed E-state index contributed by atoms with van der Waals surface area (Å²) in [7, 11) is 0. The van der Waals surface area contributed by atoms with E-state index < -0.39 is 6.04 Å². The van der Waals surface area contributed by atoms with Crippen molar-refractivity contribution in [1.29, 1.82) is 0 Å². The number of carbonyl (C=O) groups excluding carboxylic acids is 1. The molecule has 1 aliphatic heterocycles. The Morgan fingerprint density at radius 2 is 1.91 bits per heavy atom. The first-order chi connectivity index (χ1) is 15.5. The summed E-state index contributed by atoms with van der Waals surface area (Å²) in [6, 6.07) is 17.1. The smallest absolute Gasteiger partial charge is 0.255 e. The highest BCUT2D eigenvalue weighted by Crippen LogP contribution is 2.37. The molecule has 4 aromatic rings. The number of aliphatic hydroxyl groups excluding tert-OH is 1. The summed E-state index contributed by atoms with van der Waals surface area (Å²) in [4.78, 5) is 17.7. The van der Waals surface area contributed by atoms with Gasteiger partial charge in [0, 0.05) is 35.2 Å². The molecule has 1 aliphatic rings. The third kappa shape index (κ3) is 3.52. The summed E-state index contributed by atoms with van der Waals surface area (Å²) in [5.74, 6) is 0.535. The minimum Gasteiger partial charge on any atom is -0.390 e. The number of aryl methyl sites for hydroxylation is 1. The molecular weight excluding hydrogens is 402 g/mol. The molecule has 0 saturated heterocycles. The zero-order chi connectivity index (χ0) is 22.2. The van der Waals surface area contributed by atoms with E-state index in [0.717, 1.165) is 33.4 Å². The van der Waals surface area contributed by atoms with Crippen LogP contribution in [0.3, 0.4) is 0 Å². The third-order valence-electron chi connectivity index (χ3n) is 5.72. The Balaban J connectivity index is 1.55. The Labute approximate surface area is 185 Å². The highest BCUT2D eigenvalue weighted by molar-refractivity contribution is 6.06. The number of nitrogens with zero attached hydrogens (tertiary/aromatic N) is 3. The molecule has 32 heavy (non-hydrogen) atoms. The van der Waals surface area contributed by atoms with Crippen LogP contribution in [0.4, 0.5) is 11.5 Å². The quantitative estimate of drug-likeness (QED) is 0.457. The van der Waals surface area contributed by atoms with E-state index in [1.807, 2.05) is 62.4 Å². The summed E-state index contributed by atoms with van der Waals surface area (Å²) < 4.78 is 1.77. The summed E-state index contributed by atoms with van der Waals surface area (Å²) in [5.41, 5.74) is 4.65. The zero-order valence-corrected chi connectivity index (χ0v) is 17.8. The first-order valence-electron chi connectivity index (χ1n) is 10.4. The molecule has 5 rings (SSSR count). The van der Waals surface area contributed by atoms with Gasteiger partial charge in [-0.25, -0.2) is 4.68 Å². The molecule has 1 unspecified atom stereocenters. The number of fused-ring (bicyclic) bond motifs is 2. The summed E-state index contributed by atoms with van der Waals surface area (Å²) in [5, 5.41) is 22.5. The maximum Gasteiger partial charge on any atom is 0.255 e. The number of benzene rings is 2. The third-order valence-corrected chi connectivity index (χ3v) is 5.72. The Morgan fingerprint density at radius 3 is 2.69 bits per heavy atom. The number of hydrogen-bond acceptors (Lipinski definition) is 5. The van der Waals surface area contributed by atoms with Gasteiger partial charge in [0.2, 0.25) is 0 Å². The number of hydrogen-bond donors (Lipinski definition) is 3. The largest absolute Gasteiger partial charge is 0.390 e. The first kappa shape index (κ1) is 20.0. The van der Waals surface area contributed by atoms with E-state index in [9.17, 15) is 9.90 Å². The number of amides is 1. The van der Waals surface area contributed by atoms with E-state index in [1.54, 1.807) is 23.1 Å². The van der Waals surface area contributed by atoms with Gasteiger partial charge in [0.15, 0.2) is 0 Å². The Morgan fingerprint density at radius 1 is 1.09 bits per heavy atom. The van der Waals surface area contributed by atoms with Gasteiger partial charge < -0.3 is 15.7 Å². The Hall–Kier alpha value is -3.97. The lowest BCUT2D eigenvalue weighted by Gasteiger charge is -2.29. The fourth-order valence-electron chi connectivity index (χ4n) is 4.11. The lowest BCUT2D eigenvalue weighted by atomic mass is 9.94. The van der Waals surface area contributed by atoms with Gasteiger partial charge in [-0.3, -0.25) is 9.78 Å². The second-order valence-corrected chi connectivity index (χ2v) is 7.99. The van der Waals surface area contributed by atoms with E-state index in [-0.39, 0.29) is 12.5 Å². The minimum atomic E-state index is -0.420. The van der Waals surface area contributed by atoms with Gasteiger partial charge in [-0.15, -0.1) is 0 Å². The van der Waals surface area contributed by atoms with E-state index in [0.29, 0.717) is 17.0 Å². The van der Waals surface area contributed by atoms with Gasteiger partial charge >= 0.3 is 0 Å². The maximum atomic E-state index is 13.5. The maximum absolute atomic E-state index is 13.5. The van der Waals surface area contributed by atoms with Crippen LogP contribution in [0.15, 0.2) is 78.3 Å². The van der Waals surface area contributed by atoms with Crippen LogP contribution >= 0.6 is 0 Å². The molecule has 3 N–H and O–H groups in total. The highest BCUT2D eigenvalue weighted by Gasteiger charge is 2.33. The molecule has 0 fully saturated rings. The first-order valence-corrected chi connectivity index (χ1v) is 10.4. The Bertz CT molecular complexity index is 1350. The lowest BCUT2D eigenvalue weighted by Crippen LogP contribution is -2.31. The van der Waals surface area contributed by atoms with E-state index in [4.69, 9.17) is 0 Å². The van der Waals surface area contributed by atoms with Crippen molar-refractivity contribution < 1.29 is 9.90 Å².